The molecule has 2 atom stereocenters. The van der Waals surface area contributed by atoms with Crippen LogP contribution in [-0.4, -0.2) is 24.3 Å². The predicted octanol–water partition coefficient (Wildman–Crippen LogP) is 3.43. The van der Waals surface area contributed by atoms with Crippen LogP contribution in [0, 0.1) is 19.7 Å². The lowest BCUT2D eigenvalue weighted by molar-refractivity contribution is 0.234. The molecule has 0 unspecified atom stereocenters. The molecule has 0 fully saturated rings. The fourth-order valence-corrected chi connectivity index (χ4v) is 2.80. The van der Waals surface area contributed by atoms with Gasteiger partial charge in [0.25, 0.3) is 0 Å². The van der Waals surface area contributed by atoms with Gasteiger partial charge in [0.05, 0.1) is 24.4 Å². The van der Waals surface area contributed by atoms with E-state index in [0.29, 0.717) is 17.7 Å². The quantitative estimate of drug-likeness (QED) is 0.838. The zero-order valence-electron chi connectivity index (χ0n) is 15.1. The van der Waals surface area contributed by atoms with E-state index in [1.165, 1.54) is 13.2 Å². The van der Waals surface area contributed by atoms with Gasteiger partial charge in [0, 0.05) is 11.6 Å². The lowest BCUT2D eigenvalue weighted by atomic mass is 10.1. The van der Waals surface area contributed by atoms with Crippen LogP contribution >= 0.6 is 0 Å². The molecule has 1 aromatic carbocycles. The lowest BCUT2D eigenvalue weighted by Crippen LogP contribution is -2.42. The van der Waals surface area contributed by atoms with Gasteiger partial charge in [-0.15, -0.1) is 0 Å². The maximum Gasteiger partial charge on any atom is 0.315 e. The fraction of sp³-hybridized carbons (Fsp3) is 0.444. The van der Waals surface area contributed by atoms with E-state index < -0.39 is 11.9 Å². The molecule has 2 aromatic rings. The molecule has 0 bridgehead atoms. The van der Waals surface area contributed by atoms with Gasteiger partial charge in [-0.2, -0.15) is 0 Å². The number of rotatable bonds is 6. The molecule has 0 aliphatic carbocycles. The number of nitrogens with zero attached hydrogens (tertiary/aromatic N) is 1. The Morgan fingerprint density at radius 3 is 2.64 bits per heavy atom. The highest BCUT2D eigenvalue weighted by Crippen LogP contribution is 2.27. The number of halogens is 1. The Hall–Kier alpha value is -2.57. The summed E-state index contributed by atoms with van der Waals surface area (Å²) in [6.07, 6.45) is 0.603. The number of hydrogen-bond acceptors (Lipinski definition) is 4. The Labute approximate surface area is 146 Å². The SMILES string of the molecule is COc1cccc(F)c1[C@@H](C)NC(=O)N[C@@H](C)Cc1c(C)noc1C. The predicted molar refractivity (Wildman–Crippen MR) is 92.2 cm³/mol. The average Bonchev–Trinajstić information content (AvgIpc) is 2.85. The van der Waals surface area contributed by atoms with Crippen molar-refractivity contribution in [1.29, 1.82) is 0 Å². The molecule has 0 saturated heterocycles. The first-order valence-electron chi connectivity index (χ1n) is 8.14. The highest BCUT2D eigenvalue weighted by atomic mass is 19.1. The molecule has 0 aliphatic heterocycles. The first-order valence-corrected chi connectivity index (χ1v) is 8.14. The number of methoxy groups -OCH3 is 1. The van der Waals surface area contributed by atoms with E-state index in [-0.39, 0.29) is 12.1 Å². The fourth-order valence-electron chi connectivity index (χ4n) is 2.80. The second-order valence-corrected chi connectivity index (χ2v) is 6.10. The maximum atomic E-state index is 14.1. The van der Waals surface area contributed by atoms with E-state index in [2.05, 4.69) is 15.8 Å². The first kappa shape index (κ1) is 18.8. The van der Waals surface area contributed by atoms with Crippen LogP contribution in [0.3, 0.4) is 0 Å². The number of benzene rings is 1. The molecule has 7 heteroatoms. The van der Waals surface area contributed by atoms with Crippen LogP contribution in [0.4, 0.5) is 9.18 Å². The van der Waals surface area contributed by atoms with Crippen LogP contribution in [0.15, 0.2) is 22.7 Å². The summed E-state index contributed by atoms with van der Waals surface area (Å²) in [5.41, 5.74) is 2.12. The highest BCUT2D eigenvalue weighted by molar-refractivity contribution is 5.75. The summed E-state index contributed by atoms with van der Waals surface area (Å²) in [5.74, 6) is 0.725. The minimum absolute atomic E-state index is 0.133. The number of carbonyl (C=O) groups is 1. The van der Waals surface area contributed by atoms with Crippen LogP contribution < -0.4 is 15.4 Å². The molecule has 0 radical (unpaired) electrons. The highest BCUT2D eigenvalue weighted by Gasteiger charge is 2.20. The molecule has 2 N–H and O–H groups in total. The van der Waals surface area contributed by atoms with Gasteiger partial charge >= 0.3 is 6.03 Å². The van der Waals surface area contributed by atoms with E-state index in [4.69, 9.17) is 9.26 Å². The summed E-state index contributed by atoms with van der Waals surface area (Å²) in [7, 11) is 1.47. The molecule has 6 nitrogen and oxygen atoms in total. The molecule has 0 saturated carbocycles. The number of nitrogens with one attached hydrogen (secondary N) is 2. The average molecular weight is 349 g/mol. The molecule has 2 amide bonds. The van der Waals surface area contributed by atoms with Crippen molar-refractivity contribution in [3.8, 4) is 5.75 Å². The van der Waals surface area contributed by atoms with Crippen molar-refractivity contribution in [2.24, 2.45) is 0 Å². The number of aryl methyl sites for hydroxylation is 2. The Morgan fingerprint density at radius 1 is 1.32 bits per heavy atom. The van der Waals surface area contributed by atoms with E-state index in [1.807, 2.05) is 20.8 Å². The van der Waals surface area contributed by atoms with Crippen molar-refractivity contribution in [2.75, 3.05) is 7.11 Å². The number of amides is 2. The van der Waals surface area contributed by atoms with Crippen LogP contribution in [0.5, 0.6) is 5.75 Å². The number of urea groups is 1. The maximum absolute atomic E-state index is 14.1. The molecular weight excluding hydrogens is 325 g/mol. The van der Waals surface area contributed by atoms with Crippen molar-refractivity contribution in [1.82, 2.24) is 15.8 Å². The molecular formula is C18H24FN3O3. The summed E-state index contributed by atoms with van der Waals surface area (Å²) in [6, 6.07) is 3.52. The summed E-state index contributed by atoms with van der Waals surface area (Å²) in [6.45, 7) is 7.30. The standard InChI is InChI=1S/C18H24FN3O3/c1-10(9-14-11(2)22-25-13(14)4)20-18(23)21-12(3)17-15(19)7-6-8-16(17)24-5/h6-8,10,12H,9H2,1-5H3,(H2,20,21,23)/t10-,12+/m0/s1. The smallest absolute Gasteiger partial charge is 0.315 e. The topological polar surface area (TPSA) is 76.4 Å². The van der Waals surface area contributed by atoms with E-state index in [0.717, 1.165) is 17.0 Å². The third kappa shape index (κ3) is 4.49. The second kappa shape index (κ2) is 8.00. The summed E-state index contributed by atoms with van der Waals surface area (Å²) < 4.78 is 24.4. The normalized spacial score (nSPS) is 13.2. The Bertz CT molecular complexity index is 726. The van der Waals surface area contributed by atoms with Crippen molar-refractivity contribution < 1.29 is 18.4 Å². The largest absolute Gasteiger partial charge is 0.496 e. The van der Waals surface area contributed by atoms with Crippen LogP contribution in [0.2, 0.25) is 0 Å². The van der Waals surface area contributed by atoms with Crippen molar-refractivity contribution in [3.05, 3.63) is 46.6 Å². The van der Waals surface area contributed by atoms with Crippen LogP contribution in [0.25, 0.3) is 0 Å². The molecule has 2 rings (SSSR count). The number of aromatic nitrogens is 1. The van der Waals surface area contributed by atoms with Gasteiger partial charge < -0.3 is 19.9 Å². The summed E-state index contributed by atoms with van der Waals surface area (Å²) >= 11 is 0. The zero-order valence-corrected chi connectivity index (χ0v) is 15.1. The first-order chi connectivity index (χ1) is 11.8. The van der Waals surface area contributed by atoms with Gasteiger partial charge in [-0.3, -0.25) is 0 Å². The molecule has 1 heterocycles. The summed E-state index contributed by atoms with van der Waals surface area (Å²) in [5, 5.41) is 9.50. The van der Waals surface area contributed by atoms with Crippen molar-refractivity contribution in [2.45, 2.75) is 46.2 Å². The van der Waals surface area contributed by atoms with Gasteiger partial charge in [-0.25, -0.2) is 9.18 Å². The van der Waals surface area contributed by atoms with Crippen molar-refractivity contribution in [3.63, 3.8) is 0 Å². The van der Waals surface area contributed by atoms with Gasteiger partial charge in [-0.05, 0) is 46.2 Å². The van der Waals surface area contributed by atoms with Gasteiger partial charge in [0.2, 0.25) is 0 Å². The number of carbonyl (C=O) groups excluding carboxylic acids is 1. The molecule has 25 heavy (non-hydrogen) atoms. The van der Waals surface area contributed by atoms with E-state index in [9.17, 15) is 9.18 Å². The Balaban J connectivity index is 1.98. The second-order valence-electron chi connectivity index (χ2n) is 6.10. The minimum Gasteiger partial charge on any atom is -0.496 e. The lowest BCUT2D eigenvalue weighted by Gasteiger charge is -2.20. The van der Waals surface area contributed by atoms with Crippen LogP contribution in [0.1, 0.15) is 42.5 Å². The van der Waals surface area contributed by atoms with Gasteiger partial charge in [-0.1, -0.05) is 11.2 Å². The van der Waals surface area contributed by atoms with E-state index in [1.54, 1.807) is 19.1 Å². The number of ether oxygens (including phenoxy) is 1. The molecule has 0 aliphatic rings. The molecule has 0 spiro atoms. The molecule has 1 aromatic heterocycles. The zero-order chi connectivity index (χ0) is 18.6. The monoisotopic (exact) mass is 349 g/mol. The Kier molecular flexibility index (Phi) is 6.01. The van der Waals surface area contributed by atoms with E-state index >= 15 is 0 Å². The molecule has 136 valence electrons. The minimum atomic E-state index is -0.539. The Morgan fingerprint density at radius 2 is 2.04 bits per heavy atom. The third-order valence-corrected chi connectivity index (χ3v) is 4.08. The number of hydrogen-bond donors (Lipinski definition) is 2. The van der Waals surface area contributed by atoms with Crippen molar-refractivity contribution >= 4 is 6.03 Å². The van der Waals surface area contributed by atoms with Gasteiger partial charge in [0.15, 0.2) is 0 Å². The third-order valence-electron chi connectivity index (χ3n) is 4.08. The summed E-state index contributed by atoms with van der Waals surface area (Å²) in [4.78, 5) is 12.2. The van der Waals surface area contributed by atoms with Gasteiger partial charge in [0.1, 0.15) is 17.3 Å². The van der Waals surface area contributed by atoms with Crippen LogP contribution in [-0.2, 0) is 6.42 Å².